The van der Waals surface area contributed by atoms with Crippen LogP contribution in [0.5, 0.6) is 0 Å². The minimum Gasteiger partial charge on any atom is -0.308 e. The van der Waals surface area contributed by atoms with E-state index < -0.39 is 30.4 Å². The molecule has 1 fully saturated rings. The van der Waals surface area contributed by atoms with Crippen LogP contribution in [0.25, 0.3) is 5.69 Å². The van der Waals surface area contributed by atoms with Crippen molar-refractivity contribution in [3.05, 3.63) is 77.2 Å². The van der Waals surface area contributed by atoms with Crippen LogP contribution in [-0.2, 0) is 24.2 Å². The van der Waals surface area contributed by atoms with Crippen molar-refractivity contribution in [3.8, 4) is 5.69 Å². The Hall–Kier alpha value is -3.35. The van der Waals surface area contributed by atoms with Gasteiger partial charge in [0, 0.05) is 44.8 Å². The van der Waals surface area contributed by atoms with Crippen molar-refractivity contribution < 1.29 is 26.7 Å². The van der Waals surface area contributed by atoms with Crippen LogP contribution in [0.4, 0.5) is 27.8 Å². The van der Waals surface area contributed by atoms with Gasteiger partial charge in [0.25, 0.3) is 0 Å². The van der Waals surface area contributed by atoms with Gasteiger partial charge in [-0.3, -0.25) is 14.6 Å². The third kappa shape index (κ3) is 8.18. The van der Waals surface area contributed by atoms with E-state index in [0.29, 0.717) is 75.4 Å². The van der Waals surface area contributed by atoms with E-state index in [4.69, 9.17) is 0 Å². The summed E-state index contributed by atoms with van der Waals surface area (Å²) < 4.78 is 68.1. The number of nitrogens with zero attached hydrogens (tertiary/aromatic N) is 4. The predicted molar refractivity (Wildman–Crippen MR) is 154 cm³/mol. The van der Waals surface area contributed by atoms with Crippen molar-refractivity contribution in [2.24, 2.45) is 0 Å². The molecule has 2 aromatic carbocycles. The number of rotatable bonds is 10. The lowest BCUT2D eigenvalue weighted by Gasteiger charge is -2.35. The molecule has 7 nitrogen and oxygen atoms in total. The number of piperazine rings is 1. The van der Waals surface area contributed by atoms with Gasteiger partial charge in [0.05, 0.1) is 24.5 Å². The number of benzene rings is 2. The fourth-order valence-corrected chi connectivity index (χ4v) is 6.02. The highest BCUT2D eigenvalue weighted by Crippen LogP contribution is 2.26. The number of carbonyl (C=O) groups excluding carboxylic acids is 1. The van der Waals surface area contributed by atoms with E-state index in [9.17, 15) is 26.7 Å². The first-order chi connectivity index (χ1) is 20.6. The zero-order chi connectivity index (χ0) is 30.6. The van der Waals surface area contributed by atoms with Crippen molar-refractivity contribution in [1.82, 2.24) is 24.7 Å². The van der Waals surface area contributed by atoms with Gasteiger partial charge in [0.15, 0.2) is 5.82 Å². The molecule has 12 heteroatoms. The lowest BCUT2D eigenvalue weighted by Crippen LogP contribution is -2.48. The Labute approximate surface area is 248 Å². The number of nitrogens with one attached hydrogen (secondary N) is 2. The van der Waals surface area contributed by atoms with Gasteiger partial charge < -0.3 is 15.2 Å². The minimum absolute atomic E-state index is 0.116. The van der Waals surface area contributed by atoms with Gasteiger partial charge >= 0.3 is 6.18 Å². The van der Waals surface area contributed by atoms with Gasteiger partial charge in [-0.2, -0.15) is 13.2 Å². The van der Waals surface area contributed by atoms with Crippen LogP contribution in [0.1, 0.15) is 42.9 Å². The Balaban J connectivity index is 1.20. The zero-order valence-electron chi connectivity index (χ0n) is 24.1. The standard InChI is InChI=1S/C31H37F5N6O/c1-2-5-27(38-24-9-8-21-14-23(32)15-26(33)25(21)16-24)30(43)39-29-18-42(20-37-29)28-7-4-3-6-22(28)17-40-10-12-41(13-11-40)19-31(34,35)36/h3-4,6-7,14-15,18,20,24,27,38H,2,5,8-13,16-17,19H2,1H3,(H,39,43)/t24-,27+/m0/s1. The molecule has 0 radical (unpaired) electrons. The number of aromatic nitrogens is 2. The van der Waals surface area contributed by atoms with Crippen molar-refractivity contribution in [3.63, 3.8) is 0 Å². The topological polar surface area (TPSA) is 65.4 Å². The van der Waals surface area contributed by atoms with E-state index >= 15 is 0 Å². The molecule has 0 bridgehead atoms. The molecule has 2 N–H and O–H groups in total. The number of hydrogen-bond acceptors (Lipinski definition) is 5. The van der Waals surface area contributed by atoms with E-state index in [-0.39, 0.29) is 11.9 Å². The van der Waals surface area contributed by atoms with Crippen LogP contribution in [0.3, 0.4) is 0 Å². The Morgan fingerprint density at radius 3 is 2.58 bits per heavy atom. The zero-order valence-corrected chi connectivity index (χ0v) is 24.1. The number of hydrogen-bond donors (Lipinski definition) is 2. The first kappa shape index (κ1) is 31.1. The Morgan fingerprint density at radius 1 is 1.09 bits per heavy atom. The highest BCUT2D eigenvalue weighted by Gasteiger charge is 2.32. The number of amides is 1. The van der Waals surface area contributed by atoms with Crippen LogP contribution >= 0.6 is 0 Å². The third-order valence-corrected chi connectivity index (χ3v) is 8.16. The predicted octanol–water partition coefficient (Wildman–Crippen LogP) is 5.08. The first-order valence-corrected chi connectivity index (χ1v) is 14.8. The molecule has 2 atom stereocenters. The van der Waals surface area contributed by atoms with Crippen LogP contribution < -0.4 is 10.6 Å². The summed E-state index contributed by atoms with van der Waals surface area (Å²) in [6.07, 6.45) is 2.11. The second-order valence-corrected chi connectivity index (χ2v) is 11.4. The molecule has 2 heterocycles. The molecular formula is C31H37F5N6O. The summed E-state index contributed by atoms with van der Waals surface area (Å²) in [5.41, 5.74) is 3.05. The maximum Gasteiger partial charge on any atom is 0.401 e. The number of carbonyl (C=O) groups is 1. The summed E-state index contributed by atoms with van der Waals surface area (Å²) in [4.78, 5) is 21.3. The Morgan fingerprint density at radius 2 is 1.84 bits per heavy atom. The van der Waals surface area contributed by atoms with Gasteiger partial charge in [-0.25, -0.2) is 13.8 Å². The van der Waals surface area contributed by atoms with E-state index in [1.165, 1.54) is 11.0 Å². The molecule has 232 valence electrons. The summed E-state index contributed by atoms with van der Waals surface area (Å²) in [6.45, 7) is 3.48. The van der Waals surface area contributed by atoms with Gasteiger partial charge in [0.1, 0.15) is 18.0 Å². The van der Waals surface area contributed by atoms with E-state index in [1.54, 1.807) is 12.5 Å². The van der Waals surface area contributed by atoms with E-state index in [2.05, 4.69) is 20.5 Å². The number of para-hydroxylation sites is 1. The maximum absolute atomic E-state index is 14.4. The first-order valence-electron chi connectivity index (χ1n) is 14.8. The Kier molecular flexibility index (Phi) is 9.78. The van der Waals surface area contributed by atoms with Crippen LogP contribution in [-0.4, -0.2) is 76.2 Å². The molecule has 1 aliphatic heterocycles. The molecule has 1 saturated heterocycles. The molecule has 1 amide bonds. The molecule has 0 saturated carbocycles. The van der Waals surface area contributed by atoms with Gasteiger partial charge in [-0.1, -0.05) is 31.5 Å². The van der Waals surface area contributed by atoms with Crippen LogP contribution in [0.15, 0.2) is 48.9 Å². The largest absolute Gasteiger partial charge is 0.401 e. The smallest absolute Gasteiger partial charge is 0.308 e. The minimum atomic E-state index is -4.20. The lowest BCUT2D eigenvalue weighted by atomic mass is 9.87. The number of imidazole rings is 1. The van der Waals surface area contributed by atoms with Crippen LogP contribution in [0.2, 0.25) is 0 Å². The normalized spacial score (nSPS) is 18.8. The molecule has 0 unspecified atom stereocenters. The fraction of sp³-hybridized carbons (Fsp3) is 0.484. The Bertz CT molecular complexity index is 1400. The second-order valence-electron chi connectivity index (χ2n) is 11.4. The second kappa shape index (κ2) is 13.5. The van der Waals surface area contributed by atoms with Crippen molar-refractivity contribution in [2.45, 2.75) is 63.8 Å². The quantitative estimate of drug-likeness (QED) is 0.316. The number of anilines is 1. The van der Waals surface area contributed by atoms with Gasteiger partial charge in [-0.05, 0) is 54.5 Å². The molecular weight excluding hydrogens is 567 g/mol. The highest BCUT2D eigenvalue weighted by molar-refractivity contribution is 5.94. The van der Waals surface area contributed by atoms with Gasteiger partial charge in [-0.15, -0.1) is 0 Å². The summed E-state index contributed by atoms with van der Waals surface area (Å²) >= 11 is 0. The lowest BCUT2D eigenvalue weighted by molar-refractivity contribution is -0.149. The molecule has 5 rings (SSSR count). The summed E-state index contributed by atoms with van der Waals surface area (Å²) in [7, 11) is 0. The summed E-state index contributed by atoms with van der Waals surface area (Å²) in [5, 5.41) is 6.29. The fourth-order valence-electron chi connectivity index (χ4n) is 6.02. The summed E-state index contributed by atoms with van der Waals surface area (Å²) in [6, 6.07) is 9.42. The molecule has 3 aromatic rings. The number of halogens is 5. The maximum atomic E-state index is 14.4. The SMILES string of the molecule is CCC[C@@H](N[C@H]1CCc2cc(F)cc(F)c2C1)C(=O)Nc1cn(-c2ccccc2CN2CCN(CC(F)(F)F)CC2)cn1. The third-order valence-electron chi connectivity index (χ3n) is 8.16. The molecule has 43 heavy (non-hydrogen) atoms. The number of alkyl halides is 3. The van der Waals surface area contributed by atoms with Gasteiger partial charge in [0.2, 0.25) is 5.91 Å². The monoisotopic (exact) mass is 604 g/mol. The van der Waals surface area contributed by atoms with E-state index in [1.807, 2.05) is 35.8 Å². The highest BCUT2D eigenvalue weighted by atomic mass is 19.4. The average molecular weight is 605 g/mol. The van der Waals surface area contributed by atoms with Crippen LogP contribution in [0, 0.1) is 11.6 Å². The van der Waals surface area contributed by atoms with Crippen molar-refractivity contribution >= 4 is 11.7 Å². The van der Waals surface area contributed by atoms with Crippen molar-refractivity contribution in [1.29, 1.82) is 0 Å². The number of aryl methyl sites for hydroxylation is 1. The molecule has 1 aromatic heterocycles. The van der Waals surface area contributed by atoms with Crippen molar-refractivity contribution in [2.75, 3.05) is 38.0 Å². The average Bonchev–Trinajstić information content (AvgIpc) is 3.42. The molecule has 1 aliphatic carbocycles. The van der Waals surface area contributed by atoms with E-state index in [0.717, 1.165) is 23.7 Å². The summed E-state index contributed by atoms with van der Waals surface area (Å²) in [5.74, 6) is -0.968. The molecule has 0 spiro atoms. The number of fused-ring (bicyclic) bond motifs is 1. The molecule has 2 aliphatic rings.